The van der Waals surface area contributed by atoms with Crippen LogP contribution in [0.4, 0.5) is 5.95 Å². The second kappa shape index (κ2) is 5.54. The van der Waals surface area contributed by atoms with Crippen LogP contribution in [-0.2, 0) is 4.74 Å². The van der Waals surface area contributed by atoms with Gasteiger partial charge in [-0.3, -0.25) is 0 Å². The molecule has 1 N–H and O–H groups in total. The highest BCUT2D eigenvalue weighted by atomic mass is 16.5. The molecule has 0 amide bonds. The van der Waals surface area contributed by atoms with E-state index in [-0.39, 0.29) is 6.04 Å². The first-order valence-corrected chi connectivity index (χ1v) is 4.86. The lowest BCUT2D eigenvalue weighted by atomic mass is 10.4. The van der Waals surface area contributed by atoms with Crippen LogP contribution in [0.3, 0.4) is 0 Å². The molecule has 1 heterocycles. The monoisotopic (exact) mass is 195 g/mol. The Morgan fingerprint density at radius 1 is 1.57 bits per heavy atom. The number of nitrogens with zero attached hydrogens (tertiary/aromatic N) is 2. The summed E-state index contributed by atoms with van der Waals surface area (Å²) in [5.41, 5.74) is 0.964. The van der Waals surface area contributed by atoms with Crippen LogP contribution in [0.5, 0.6) is 0 Å². The van der Waals surface area contributed by atoms with Gasteiger partial charge in [0, 0.05) is 24.5 Å². The lowest BCUT2D eigenvalue weighted by Gasteiger charge is -2.13. The highest BCUT2D eigenvalue weighted by molar-refractivity contribution is 5.25. The molecule has 0 aliphatic heterocycles. The van der Waals surface area contributed by atoms with Crippen LogP contribution in [0, 0.1) is 6.92 Å². The molecular formula is C10H17N3O. The Kier molecular flexibility index (Phi) is 4.32. The van der Waals surface area contributed by atoms with Gasteiger partial charge in [0.05, 0.1) is 6.61 Å². The molecule has 0 saturated carbocycles. The van der Waals surface area contributed by atoms with Crippen molar-refractivity contribution in [3.05, 3.63) is 18.0 Å². The summed E-state index contributed by atoms with van der Waals surface area (Å²) in [5, 5.41) is 3.17. The summed E-state index contributed by atoms with van der Waals surface area (Å²) in [5.74, 6) is 0.664. The fraction of sp³-hybridized carbons (Fsp3) is 0.600. The smallest absolute Gasteiger partial charge is 0.223 e. The molecule has 4 heteroatoms. The van der Waals surface area contributed by atoms with Gasteiger partial charge >= 0.3 is 0 Å². The summed E-state index contributed by atoms with van der Waals surface area (Å²) in [6.07, 6.45) is 1.75. The van der Waals surface area contributed by atoms with Gasteiger partial charge in [0.1, 0.15) is 0 Å². The fourth-order valence-corrected chi connectivity index (χ4v) is 1.08. The maximum Gasteiger partial charge on any atom is 0.223 e. The van der Waals surface area contributed by atoms with Crippen molar-refractivity contribution < 1.29 is 4.74 Å². The molecule has 0 spiro atoms. The lowest BCUT2D eigenvalue weighted by Crippen LogP contribution is -2.23. The minimum Gasteiger partial charge on any atom is -0.380 e. The van der Waals surface area contributed by atoms with E-state index in [0.29, 0.717) is 12.6 Å². The Hall–Kier alpha value is -1.16. The van der Waals surface area contributed by atoms with Gasteiger partial charge in [0.25, 0.3) is 0 Å². The molecule has 0 aliphatic rings. The zero-order valence-corrected chi connectivity index (χ0v) is 8.95. The molecule has 14 heavy (non-hydrogen) atoms. The molecule has 0 saturated heterocycles. The number of aryl methyl sites for hydroxylation is 1. The highest BCUT2D eigenvalue weighted by Crippen LogP contribution is 2.01. The van der Waals surface area contributed by atoms with Gasteiger partial charge in [-0.25, -0.2) is 9.97 Å². The van der Waals surface area contributed by atoms with E-state index in [9.17, 15) is 0 Å². The van der Waals surface area contributed by atoms with Gasteiger partial charge in [0.15, 0.2) is 0 Å². The van der Waals surface area contributed by atoms with E-state index in [1.54, 1.807) is 6.20 Å². The quantitative estimate of drug-likeness (QED) is 0.775. The van der Waals surface area contributed by atoms with Gasteiger partial charge in [-0.1, -0.05) is 0 Å². The molecule has 0 aromatic carbocycles. The average Bonchev–Trinajstić information content (AvgIpc) is 2.15. The predicted octanol–water partition coefficient (Wildman–Crippen LogP) is 1.62. The van der Waals surface area contributed by atoms with Crippen LogP contribution in [0.25, 0.3) is 0 Å². The van der Waals surface area contributed by atoms with E-state index in [4.69, 9.17) is 4.74 Å². The van der Waals surface area contributed by atoms with Crippen molar-refractivity contribution in [3.8, 4) is 0 Å². The van der Waals surface area contributed by atoms with Gasteiger partial charge in [-0.05, 0) is 26.8 Å². The highest BCUT2D eigenvalue weighted by Gasteiger charge is 2.03. The summed E-state index contributed by atoms with van der Waals surface area (Å²) < 4.78 is 5.28. The standard InChI is InChI=1S/C10H17N3O/c1-4-14-7-9(3)13-10-11-6-5-8(2)12-10/h5-6,9H,4,7H2,1-3H3,(H,11,12,13). The van der Waals surface area contributed by atoms with Crippen LogP contribution in [0.1, 0.15) is 19.5 Å². The molecule has 1 aromatic rings. The first-order chi connectivity index (χ1) is 6.72. The molecule has 0 aliphatic carbocycles. The van der Waals surface area contributed by atoms with Crippen molar-refractivity contribution in [2.24, 2.45) is 0 Å². The maximum atomic E-state index is 5.28. The number of nitrogens with one attached hydrogen (secondary N) is 1. The van der Waals surface area contributed by atoms with E-state index in [1.807, 2.05) is 26.8 Å². The molecule has 0 fully saturated rings. The van der Waals surface area contributed by atoms with Crippen molar-refractivity contribution >= 4 is 5.95 Å². The number of aromatic nitrogens is 2. The van der Waals surface area contributed by atoms with E-state index < -0.39 is 0 Å². The van der Waals surface area contributed by atoms with Crippen LogP contribution in [0.15, 0.2) is 12.3 Å². The molecule has 78 valence electrons. The second-order valence-electron chi connectivity index (χ2n) is 3.23. The van der Waals surface area contributed by atoms with Crippen LogP contribution in [0.2, 0.25) is 0 Å². The van der Waals surface area contributed by atoms with E-state index in [0.717, 1.165) is 12.3 Å². The summed E-state index contributed by atoms with van der Waals surface area (Å²) in [7, 11) is 0. The molecule has 1 aromatic heterocycles. The minimum absolute atomic E-state index is 0.233. The topological polar surface area (TPSA) is 47.0 Å². The number of ether oxygens (including phenoxy) is 1. The summed E-state index contributed by atoms with van der Waals surface area (Å²) in [6, 6.07) is 2.11. The molecular weight excluding hydrogens is 178 g/mol. The number of anilines is 1. The SMILES string of the molecule is CCOCC(C)Nc1nccc(C)n1. The van der Waals surface area contributed by atoms with E-state index in [1.165, 1.54) is 0 Å². The number of rotatable bonds is 5. The first kappa shape index (κ1) is 10.9. The minimum atomic E-state index is 0.233. The average molecular weight is 195 g/mol. The Bertz CT molecular complexity index is 278. The van der Waals surface area contributed by atoms with E-state index >= 15 is 0 Å². The zero-order valence-electron chi connectivity index (χ0n) is 8.95. The third-order valence-corrected chi connectivity index (χ3v) is 1.74. The largest absolute Gasteiger partial charge is 0.380 e. The maximum absolute atomic E-state index is 5.28. The normalized spacial score (nSPS) is 12.5. The Labute approximate surface area is 84.7 Å². The molecule has 1 rings (SSSR count). The Balaban J connectivity index is 2.43. The third kappa shape index (κ3) is 3.70. The molecule has 0 bridgehead atoms. The van der Waals surface area contributed by atoms with Gasteiger partial charge in [-0.15, -0.1) is 0 Å². The summed E-state index contributed by atoms with van der Waals surface area (Å²) in [4.78, 5) is 8.35. The van der Waals surface area contributed by atoms with Gasteiger partial charge < -0.3 is 10.1 Å². The molecule has 1 atom stereocenters. The van der Waals surface area contributed by atoms with Gasteiger partial charge in [0.2, 0.25) is 5.95 Å². The van der Waals surface area contributed by atoms with Crippen molar-refractivity contribution in [3.63, 3.8) is 0 Å². The fourth-order valence-electron chi connectivity index (χ4n) is 1.08. The summed E-state index contributed by atoms with van der Waals surface area (Å²) in [6.45, 7) is 7.38. The van der Waals surface area contributed by atoms with Crippen LogP contribution in [-0.4, -0.2) is 29.2 Å². The summed E-state index contributed by atoms with van der Waals surface area (Å²) >= 11 is 0. The van der Waals surface area contributed by atoms with Crippen LogP contribution < -0.4 is 5.32 Å². The van der Waals surface area contributed by atoms with Crippen LogP contribution >= 0.6 is 0 Å². The first-order valence-electron chi connectivity index (χ1n) is 4.86. The Morgan fingerprint density at radius 2 is 2.36 bits per heavy atom. The molecule has 1 unspecified atom stereocenters. The van der Waals surface area contributed by atoms with Crippen molar-refractivity contribution in [1.29, 1.82) is 0 Å². The van der Waals surface area contributed by atoms with E-state index in [2.05, 4.69) is 15.3 Å². The Morgan fingerprint density at radius 3 is 3.00 bits per heavy atom. The predicted molar refractivity (Wildman–Crippen MR) is 56.3 cm³/mol. The molecule has 0 radical (unpaired) electrons. The zero-order chi connectivity index (χ0) is 10.4. The number of hydrogen-bond donors (Lipinski definition) is 1. The van der Waals surface area contributed by atoms with Gasteiger partial charge in [-0.2, -0.15) is 0 Å². The molecule has 4 nitrogen and oxygen atoms in total. The third-order valence-electron chi connectivity index (χ3n) is 1.74. The lowest BCUT2D eigenvalue weighted by molar-refractivity contribution is 0.141. The van der Waals surface area contributed by atoms with Crippen molar-refractivity contribution in [1.82, 2.24) is 9.97 Å². The van der Waals surface area contributed by atoms with Crippen molar-refractivity contribution in [2.45, 2.75) is 26.8 Å². The second-order valence-corrected chi connectivity index (χ2v) is 3.23. The van der Waals surface area contributed by atoms with Crippen molar-refractivity contribution in [2.75, 3.05) is 18.5 Å². The number of hydrogen-bond acceptors (Lipinski definition) is 4.